The van der Waals surface area contributed by atoms with E-state index in [0.29, 0.717) is 17.9 Å². The number of ether oxygens (including phenoxy) is 1. The summed E-state index contributed by atoms with van der Waals surface area (Å²) in [6.07, 6.45) is 2.73. The normalized spacial score (nSPS) is 9.94. The summed E-state index contributed by atoms with van der Waals surface area (Å²) in [7, 11) is 0. The first-order chi connectivity index (χ1) is 8.26. The molecule has 4 heteroatoms. The molecule has 0 radical (unpaired) electrons. The number of rotatable bonds is 7. The van der Waals surface area contributed by atoms with E-state index in [1.54, 1.807) is 12.1 Å². The average molecular weight is 252 g/mol. The van der Waals surface area contributed by atoms with Crippen molar-refractivity contribution < 1.29 is 14.3 Å². The van der Waals surface area contributed by atoms with E-state index in [-0.39, 0.29) is 5.97 Å². The highest BCUT2D eigenvalue weighted by molar-refractivity contribution is 8.00. The lowest BCUT2D eigenvalue weighted by molar-refractivity contribution is -0.140. The Bertz CT molecular complexity index is 359. The first-order valence-electron chi connectivity index (χ1n) is 5.60. The predicted octanol–water partition coefficient (Wildman–Crippen LogP) is 2.93. The standard InChI is InChI=1S/C13H16O3S/c1-2-3-8-16-13(15)10-17-12-6-4-11(9-14)5-7-12/h4-7,9H,2-3,8,10H2,1H3. The minimum absolute atomic E-state index is 0.192. The lowest BCUT2D eigenvalue weighted by Crippen LogP contribution is -2.08. The number of hydrogen-bond acceptors (Lipinski definition) is 4. The highest BCUT2D eigenvalue weighted by atomic mass is 32.2. The fourth-order valence-corrected chi connectivity index (χ4v) is 1.85. The van der Waals surface area contributed by atoms with Crippen molar-refractivity contribution in [1.82, 2.24) is 0 Å². The van der Waals surface area contributed by atoms with Gasteiger partial charge >= 0.3 is 5.97 Å². The molecule has 0 aliphatic heterocycles. The summed E-state index contributed by atoms with van der Waals surface area (Å²) >= 11 is 1.42. The quantitative estimate of drug-likeness (QED) is 0.324. The smallest absolute Gasteiger partial charge is 0.316 e. The van der Waals surface area contributed by atoms with Crippen molar-refractivity contribution >= 4 is 24.0 Å². The Balaban J connectivity index is 2.29. The van der Waals surface area contributed by atoms with Crippen molar-refractivity contribution in [3.05, 3.63) is 29.8 Å². The first kappa shape index (κ1) is 13.8. The number of benzene rings is 1. The van der Waals surface area contributed by atoms with E-state index >= 15 is 0 Å². The Hall–Kier alpha value is -1.29. The molecule has 0 fully saturated rings. The molecule has 0 bridgehead atoms. The molecule has 1 rings (SSSR count). The van der Waals surface area contributed by atoms with Gasteiger partial charge in [0.1, 0.15) is 6.29 Å². The van der Waals surface area contributed by atoms with Gasteiger partial charge in [0, 0.05) is 10.5 Å². The van der Waals surface area contributed by atoms with E-state index in [2.05, 4.69) is 6.92 Å². The van der Waals surface area contributed by atoms with Crippen molar-refractivity contribution in [1.29, 1.82) is 0 Å². The minimum Gasteiger partial charge on any atom is -0.465 e. The molecule has 0 spiro atoms. The van der Waals surface area contributed by atoms with Gasteiger partial charge in [-0.05, 0) is 18.6 Å². The van der Waals surface area contributed by atoms with E-state index in [9.17, 15) is 9.59 Å². The maximum atomic E-state index is 11.3. The van der Waals surface area contributed by atoms with Crippen LogP contribution in [0.15, 0.2) is 29.2 Å². The second kappa shape index (κ2) is 7.90. The molecule has 17 heavy (non-hydrogen) atoms. The third-order valence-corrected chi connectivity index (χ3v) is 3.12. The Morgan fingerprint density at radius 3 is 2.65 bits per heavy atom. The topological polar surface area (TPSA) is 43.4 Å². The molecule has 0 unspecified atom stereocenters. The van der Waals surface area contributed by atoms with Crippen molar-refractivity contribution in [3.63, 3.8) is 0 Å². The zero-order chi connectivity index (χ0) is 12.5. The van der Waals surface area contributed by atoms with Gasteiger partial charge in [0.15, 0.2) is 0 Å². The molecule has 0 amide bonds. The number of carbonyl (C=O) groups is 2. The van der Waals surface area contributed by atoms with Crippen LogP contribution in [-0.2, 0) is 9.53 Å². The molecule has 3 nitrogen and oxygen atoms in total. The molecule has 0 heterocycles. The van der Waals surface area contributed by atoms with Gasteiger partial charge in [-0.2, -0.15) is 0 Å². The van der Waals surface area contributed by atoms with E-state index < -0.39 is 0 Å². The number of hydrogen-bond donors (Lipinski definition) is 0. The van der Waals surface area contributed by atoms with Gasteiger partial charge in [-0.25, -0.2) is 0 Å². The van der Waals surface area contributed by atoms with Crippen LogP contribution in [0, 0.1) is 0 Å². The van der Waals surface area contributed by atoms with E-state index in [0.717, 1.165) is 24.0 Å². The molecule has 0 aliphatic rings. The molecule has 92 valence electrons. The van der Waals surface area contributed by atoms with Crippen molar-refractivity contribution in [2.75, 3.05) is 12.4 Å². The summed E-state index contributed by atoms with van der Waals surface area (Å²) in [5.74, 6) is 0.118. The van der Waals surface area contributed by atoms with Crippen LogP contribution in [-0.4, -0.2) is 24.6 Å². The van der Waals surface area contributed by atoms with Crippen molar-refractivity contribution in [2.45, 2.75) is 24.7 Å². The van der Waals surface area contributed by atoms with E-state index in [4.69, 9.17) is 4.74 Å². The second-order valence-corrected chi connectivity index (χ2v) is 4.60. The molecule has 0 saturated carbocycles. The number of thioether (sulfide) groups is 1. The lowest BCUT2D eigenvalue weighted by Gasteiger charge is -2.03. The zero-order valence-electron chi connectivity index (χ0n) is 9.85. The lowest BCUT2D eigenvalue weighted by atomic mass is 10.2. The van der Waals surface area contributed by atoms with Crippen molar-refractivity contribution in [3.8, 4) is 0 Å². The Morgan fingerprint density at radius 1 is 1.35 bits per heavy atom. The van der Waals surface area contributed by atoms with Crippen LogP contribution >= 0.6 is 11.8 Å². The van der Waals surface area contributed by atoms with Crippen LogP contribution in [0.3, 0.4) is 0 Å². The number of aldehydes is 1. The van der Waals surface area contributed by atoms with Gasteiger partial charge in [-0.3, -0.25) is 9.59 Å². The third kappa shape index (κ3) is 5.54. The van der Waals surface area contributed by atoms with E-state index in [1.165, 1.54) is 11.8 Å². The second-order valence-electron chi connectivity index (χ2n) is 3.55. The van der Waals surface area contributed by atoms with Gasteiger partial charge in [0.2, 0.25) is 0 Å². The number of esters is 1. The summed E-state index contributed by atoms with van der Waals surface area (Å²) in [5.41, 5.74) is 0.639. The largest absolute Gasteiger partial charge is 0.465 e. The maximum absolute atomic E-state index is 11.3. The van der Waals surface area contributed by atoms with Crippen molar-refractivity contribution in [2.24, 2.45) is 0 Å². The molecule has 1 aromatic rings. The number of unbranched alkanes of at least 4 members (excludes halogenated alkanes) is 1. The SMILES string of the molecule is CCCCOC(=O)CSc1ccc(C=O)cc1. The van der Waals surface area contributed by atoms with Crippen LogP contribution in [0.4, 0.5) is 0 Å². The maximum Gasteiger partial charge on any atom is 0.316 e. The summed E-state index contributed by atoms with van der Waals surface area (Å²) < 4.78 is 5.03. The molecule has 0 aliphatic carbocycles. The molecule has 1 aromatic carbocycles. The predicted molar refractivity (Wildman–Crippen MR) is 68.4 cm³/mol. The Morgan fingerprint density at radius 2 is 2.06 bits per heavy atom. The number of carbonyl (C=O) groups excluding carboxylic acids is 2. The van der Waals surface area contributed by atoms with Crippen LogP contribution in [0.1, 0.15) is 30.1 Å². The first-order valence-corrected chi connectivity index (χ1v) is 6.58. The molecule has 0 N–H and O–H groups in total. The molecule has 0 saturated heterocycles. The van der Waals surface area contributed by atoms with Crippen LogP contribution in [0.25, 0.3) is 0 Å². The Kier molecular flexibility index (Phi) is 6.40. The molecular formula is C13H16O3S. The van der Waals surface area contributed by atoms with Crippen LogP contribution in [0.5, 0.6) is 0 Å². The fraction of sp³-hybridized carbons (Fsp3) is 0.385. The molecule has 0 atom stereocenters. The van der Waals surface area contributed by atoms with Gasteiger partial charge in [0.05, 0.1) is 12.4 Å². The van der Waals surface area contributed by atoms with Crippen LogP contribution < -0.4 is 0 Å². The third-order valence-electron chi connectivity index (χ3n) is 2.13. The minimum atomic E-state index is -0.192. The molecule has 0 aromatic heterocycles. The average Bonchev–Trinajstić information content (AvgIpc) is 2.37. The zero-order valence-corrected chi connectivity index (χ0v) is 10.7. The highest BCUT2D eigenvalue weighted by Crippen LogP contribution is 2.18. The van der Waals surface area contributed by atoms with Gasteiger partial charge < -0.3 is 4.74 Å². The molecular weight excluding hydrogens is 236 g/mol. The van der Waals surface area contributed by atoms with E-state index in [1.807, 2.05) is 12.1 Å². The monoisotopic (exact) mass is 252 g/mol. The van der Waals surface area contributed by atoms with Crippen LogP contribution in [0.2, 0.25) is 0 Å². The fourth-order valence-electron chi connectivity index (χ4n) is 1.16. The highest BCUT2D eigenvalue weighted by Gasteiger charge is 2.03. The summed E-state index contributed by atoms with van der Waals surface area (Å²) in [4.78, 5) is 22.7. The Labute approximate surface area is 106 Å². The van der Waals surface area contributed by atoms with Gasteiger partial charge in [-0.15, -0.1) is 11.8 Å². The summed E-state index contributed by atoms with van der Waals surface area (Å²) in [6.45, 7) is 2.55. The van der Waals surface area contributed by atoms with Gasteiger partial charge in [0.25, 0.3) is 0 Å². The summed E-state index contributed by atoms with van der Waals surface area (Å²) in [5, 5.41) is 0. The summed E-state index contributed by atoms with van der Waals surface area (Å²) in [6, 6.07) is 7.12. The van der Waals surface area contributed by atoms with Gasteiger partial charge in [-0.1, -0.05) is 25.5 Å².